The van der Waals surface area contributed by atoms with E-state index in [0.717, 1.165) is 6.26 Å². The summed E-state index contributed by atoms with van der Waals surface area (Å²) in [5.41, 5.74) is 0.850. The molecule has 114 valence electrons. The van der Waals surface area contributed by atoms with Gasteiger partial charge in [-0.2, -0.15) is 0 Å². The smallest absolute Gasteiger partial charge is 0.347 e. The van der Waals surface area contributed by atoms with Crippen molar-refractivity contribution in [3.8, 4) is 0 Å². The predicted octanol–water partition coefficient (Wildman–Crippen LogP) is 1.09. The lowest BCUT2D eigenvalue weighted by molar-refractivity contribution is -0.147. The van der Waals surface area contributed by atoms with Gasteiger partial charge in [0.05, 0.1) is 11.3 Å². The van der Waals surface area contributed by atoms with Gasteiger partial charge >= 0.3 is 11.9 Å². The Labute approximate surface area is 123 Å². The fraction of sp³-hybridized carbons (Fsp3) is 0.429. The highest BCUT2D eigenvalue weighted by Gasteiger charge is 2.35. The first-order valence-corrected chi connectivity index (χ1v) is 8.49. The van der Waals surface area contributed by atoms with Gasteiger partial charge in [-0.05, 0) is 24.6 Å². The Morgan fingerprint density at radius 2 is 1.95 bits per heavy atom. The number of esters is 2. The molecular weight excluding hydrogens is 296 g/mol. The summed E-state index contributed by atoms with van der Waals surface area (Å²) in [7, 11) is -3.12. The van der Waals surface area contributed by atoms with E-state index in [9.17, 15) is 18.0 Å². The van der Waals surface area contributed by atoms with Crippen molar-refractivity contribution in [1.29, 1.82) is 0 Å². The molecular formula is C14H16O6S. The van der Waals surface area contributed by atoms with Crippen LogP contribution in [0.1, 0.15) is 29.3 Å². The van der Waals surface area contributed by atoms with Gasteiger partial charge in [0.25, 0.3) is 0 Å². The predicted molar refractivity (Wildman–Crippen MR) is 74.4 cm³/mol. The molecule has 6 nitrogen and oxygen atoms in total. The zero-order chi connectivity index (χ0) is 15.6. The number of ether oxygens (including phenoxy) is 2. The van der Waals surface area contributed by atoms with Crippen LogP contribution in [0, 0.1) is 0 Å². The lowest BCUT2D eigenvalue weighted by Gasteiger charge is -2.08. The molecule has 1 aliphatic rings. The Morgan fingerprint density at radius 1 is 1.33 bits per heavy atom. The molecule has 21 heavy (non-hydrogen) atoms. The van der Waals surface area contributed by atoms with Crippen LogP contribution in [0.15, 0.2) is 24.3 Å². The van der Waals surface area contributed by atoms with Crippen LogP contribution in [0.4, 0.5) is 0 Å². The summed E-state index contributed by atoms with van der Waals surface area (Å²) < 4.78 is 32.3. The minimum atomic E-state index is -3.12. The maximum absolute atomic E-state index is 11.9. The van der Waals surface area contributed by atoms with Gasteiger partial charge in [0.1, 0.15) is 6.10 Å². The molecule has 0 bridgehead atoms. The average molecular weight is 312 g/mol. The molecule has 0 saturated carbocycles. The molecule has 0 unspecified atom stereocenters. The zero-order valence-electron chi connectivity index (χ0n) is 11.7. The number of cyclic esters (lactones) is 1. The van der Waals surface area contributed by atoms with E-state index in [1.807, 2.05) is 0 Å². The highest BCUT2D eigenvalue weighted by Crippen LogP contribution is 2.19. The monoisotopic (exact) mass is 312 g/mol. The number of sulfone groups is 1. The largest absolute Gasteiger partial charge is 0.460 e. The minimum absolute atomic E-state index is 0.0885. The molecule has 2 rings (SSSR count). The molecule has 1 saturated heterocycles. The van der Waals surface area contributed by atoms with E-state index >= 15 is 0 Å². The fourth-order valence-electron chi connectivity index (χ4n) is 2.05. The molecule has 1 aromatic rings. The summed E-state index contributed by atoms with van der Waals surface area (Å²) in [5, 5.41) is 0. The second-order valence-corrected chi connectivity index (χ2v) is 7.28. The van der Waals surface area contributed by atoms with Crippen molar-refractivity contribution in [3.05, 3.63) is 35.4 Å². The topological polar surface area (TPSA) is 86.7 Å². The van der Waals surface area contributed by atoms with E-state index < -0.39 is 27.9 Å². The van der Waals surface area contributed by atoms with Crippen LogP contribution >= 0.6 is 0 Å². The van der Waals surface area contributed by atoms with E-state index in [1.165, 1.54) is 12.1 Å². The summed E-state index contributed by atoms with van der Waals surface area (Å²) >= 11 is 0. The van der Waals surface area contributed by atoms with Crippen molar-refractivity contribution in [2.24, 2.45) is 0 Å². The van der Waals surface area contributed by atoms with Gasteiger partial charge in [0, 0.05) is 12.7 Å². The maximum atomic E-state index is 11.9. The molecule has 2 atom stereocenters. The minimum Gasteiger partial charge on any atom is -0.460 e. The number of rotatable bonds is 4. The van der Waals surface area contributed by atoms with Gasteiger partial charge in [0.2, 0.25) is 6.10 Å². The van der Waals surface area contributed by atoms with E-state index in [-0.39, 0.29) is 17.4 Å². The molecule has 0 radical (unpaired) electrons. The van der Waals surface area contributed by atoms with Crippen molar-refractivity contribution >= 4 is 21.8 Å². The van der Waals surface area contributed by atoms with E-state index in [1.54, 1.807) is 19.1 Å². The van der Waals surface area contributed by atoms with Crippen molar-refractivity contribution < 1.29 is 27.5 Å². The van der Waals surface area contributed by atoms with Crippen LogP contribution < -0.4 is 0 Å². The number of hydrogen-bond donors (Lipinski definition) is 0. The molecule has 1 heterocycles. The van der Waals surface area contributed by atoms with E-state index in [2.05, 4.69) is 0 Å². The Bertz CT molecular complexity index is 647. The normalized spacial score (nSPS) is 21.9. The fourth-order valence-corrected chi connectivity index (χ4v) is 2.85. The van der Waals surface area contributed by atoms with Crippen LogP contribution in [0.5, 0.6) is 0 Å². The van der Waals surface area contributed by atoms with Crippen LogP contribution in [0.3, 0.4) is 0 Å². The number of benzene rings is 1. The third kappa shape index (κ3) is 4.29. The van der Waals surface area contributed by atoms with Crippen LogP contribution in [-0.2, 0) is 29.9 Å². The van der Waals surface area contributed by atoms with Crippen molar-refractivity contribution in [1.82, 2.24) is 0 Å². The molecule has 0 aliphatic carbocycles. The Kier molecular flexibility index (Phi) is 4.32. The van der Waals surface area contributed by atoms with Crippen LogP contribution in [0.2, 0.25) is 0 Å². The number of carbonyl (C=O) groups excluding carboxylic acids is 2. The van der Waals surface area contributed by atoms with E-state index in [4.69, 9.17) is 9.47 Å². The van der Waals surface area contributed by atoms with Crippen molar-refractivity contribution in [3.63, 3.8) is 0 Å². The first-order chi connectivity index (χ1) is 9.74. The van der Waals surface area contributed by atoms with Gasteiger partial charge < -0.3 is 9.47 Å². The standard InChI is InChI=1S/C14H16O6S/c1-9-7-12(14(16)19-9)20-13(15)11-5-3-10(4-6-11)8-21(2,17)18/h3-6,9,12H,7-8H2,1-2H3/t9-,12-/m1/s1. The third-order valence-corrected chi connectivity index (χ3v) is 3.85. The molecule has 0 spiro atoms. The lowest BCUT2D eigenvalue weighted by Crippen LogP contribution is -2.22. The Hall–Kier alpha value is -1.89. The van der Waals surface area contributed by atoms with Gasteiger partial charge in [-0.3, -0.25) is 0 Å². The van der Waals surface area contributed by atoms with Crippen molar-refractivity contribution in [2.75, 3.05) is 6.26 Å². The summed E-state index contributed by atoms with van der Waals surface area (Å²) in [5.74, 6) is -1.25. The van der Waals surface area contributed by atoms with Gasteiger partial charge in [-0.25, -0.2) is 18.0 Å². The van der Waals surface area contributed by atoms with Gasteiger partial charge in [0.15, 0.2) is 9.84 Å². The SMILES string of the molecule is C[C@@H]1C[C@@H](OC(=O)c2ccc(CS(C)(=O)=O)cc2)C(=O)O1. The molecule has 1 aliphatic heterocycles. The van der Waals surface area contributed by atoms with Gasteiger partial charge in [-0.1, -0.05) is 12.1 Å². The van der Waals surface area contributed by atoms with Gasteiger partial charge in [-0.15, -0.1) is 0 Å². The highest BCUT2D eigenvalue weighted by molar-refractivity contribution is 7.89. The lowest BCUT2D eigenvalue weighted by atomic mass is 10.1. The van der Waals surface area contributed by atoms with E-state index in [0.29, 0.717) is 12.0 Å². The molecule has 1 fully saturated rings. The quantitative estimate of drug-likeness (QED) is 0.774. The third-order valence-electron chi connectivity index (χ3n) is 2.99. The first kappa shape index (κ1) is 15.5. The summed E-state index contributed by atoms with van der Waals surface area (Å²) in [6.45, 7) is 1.73. The van der Waals surface area contributed by atoms with Crippen LogP contribution in [0.25, 0.3) is 0 Å². The molecule has 0 aromatic heterocycles. The molecule has 0 N–H and O–H groups in total. The second-order valence-electron chi connectivity index (χ2n) is 5.14. The number of carbonyl (C=O) groups is 2. The summed E-state index contributed by atoms with van der Waals surface area (Å²) in [6, 6.07) is 6.06. The highest BCUT2D eigenvalue weighted by atomic mass is 32.2. The average Bonchev–Trinajstić information content (AvgIpc) is 2.66. The summed E-state index contributed by atoms with van der Waals surface area (Å²) in [6.07, 6.45) is 0.356. The van der Waals surface area contributed by atoms with Crippen molar-refractivity contribution in [2.45, 2.75) is 31.3 Å². The Morgan fingerprint density at radius 3 is 2.43 bits per heavy atom. The molecule has 1 aromatic carbocycles. The second kappa shape index (κ2) is 5.85. The maximum Gasteiger partial charge on any atom is 0.347 e. The zero-order valence-corrected chi connectivity index (χ0v) is 12.6. The number of hydrogen-bond acceptors (Lipinski definition) is 6. The summed E-state index contributed by atoms with van der Waals surface area (Å²) in [4.78, 5) is 23.3. The molecule has 0 amide bonds. The first-order valence-electron chi connectivity index (χ1n) is 6.43. The van der Waals surface area contributed by atoms with Crippen LogP contribution in [-0.4, -0.2) is 38.8 Å². The Balaban J connectivity index is 2.02. The molecule has 7 heteroatoms.